The van der Waals surface area contributed by atoms with E-state index in [4.69, 9.17) is 14.2 Å². The smallest absolute Gasteiger partial charge is 0.259 e. The van der Waals surface area contributed by atoms with Gasteiger partial charge >= 0.3 is 0 Å². The van der Waals surface area contributed by atoms with Crippen molar-refractivity contribution in [2.45, 2.75) is 19.9 Å². The van der Waals surface area contributed by atoms with Gasteiger partial charge in [0.25, 0.3) is 5.91 Å². The van der Waals surface area contributed by atoms with Crippen molar-refractivity contribution < 1.29 is 19.0 Å². The van der Waals surface area contributed by atoms with Gasteiger partial charge in [0.2, 0.25) is 5.75 Å². The molecule has 0 bridgehead atoms. The summed E-state index contributed by atoms with van der Waals surface area (Å²) in [7, 11) is 6.55. The number of rotatable bonds is 7. The number of amides is 1. The van der Waals surface area contributed by atoms with Gasteiger partial charge in [-0.1, -0.05) is 6.07 Å². The Kier molecular flexibility index (Phi) is 6.33. The average Bonchev–Trinajstić information content (AvgIpc) is 2.65. The van der Waals surface area contributed by atoms with Crippen LogP contribution >= 0.6 is 0 Å². The summed E-state index contributed by atoms with van der Waals surface area (Å²) in [4.78, 5) is 14.9. The van der Waals surface area contributed by atoms with E-state index in [1.165, 1.54) is 21.3 Å². The summed E-state index contributed by atoms with van der Waals surface area (Å²) in [5, 5.41) is 2.91. The Bertz CT molecular complexity index is 774. The van der Waals surface area contributed by atoms with Crippen LogP contribution in [0.1, 0.15) is 24.2 Å². The zero-order valence-electron chi connectivity index (χ0n) is 16.1. The molecule has 26 heavy (non-hydrogen) atoms. The largest absolute Gasteiger partial charge is 0.493 e. The Labute approximate surface area is 154 Å². The van der Waals surface area contributed by atoms with Gasteiger partial charge in [0.05, 0.1) is 26.9 Å². The molecule has 0 spiro atoms. The number of anilines is 2. The van der Waals surface area contributed by atoms with Crippen molar-refractivity contribution in [3.05, 3.63) is 42.0 Å². The van der Waals surface area contributed by atoms with E-state index in [2.05, 4.69) is 24.1 Å². The van der Waals surface area contributed by atoms with E-state index in [1.54, 1.807) is 12.1 Å². The van der Waals surface area contributed by atoms with Crippen LogP contribution < -0.4 is 24.4 Å². The van der Waals surface area contributed by atoms with Crippen LogP contribution in [0.5, 0.6) is 17.2 Å². The third-order valence-electron chi connectivity index (χ3n) is 4.23. The average molecular weight is 358 g/mol. The molecule has 6 nitrogen and oxygen atoms in total. The predicted octanol–water partition coefficient (Wildman–Crippen LogP) is 3.81. The van der Waals surface area contributed by atoms with Crippen molar-refractivity contribution in [2.75, 3.05) is 38.6 Å². The fourth-order valence-corrected chi connectivity index (χ4v) is 2.58. The summed E-state index contributed by atoms with van der Waals surface area (Å²) in [6.45, 7) is 4.22. The Hall–Kier alpha value is -2.89. The van der Waals surface area contributed by atoms with Crippen LogP contribution in [-0.2, 0) is 0 Å². The molecular formula is C20H26N2O4. The van der Waals surface area contributed by atoms with E-state index in [-0.39, 0.29) is 5.91 Å². The van der Waals surface area contributed by atoms with Gasteiger partial charge in [0.15, 0.2) is 11.5 Å². The van der Waals surface area contributed by atoms with Gasteiger partial charge in [0, 0.05) is 24.5 Å². The predicted molar refractivity (Wildman–Crippen MR) is 104 cm³/mol. The van der Waals surface area contributed by atoms with Gasteiger partial charge in [-0.15, -0.1) is 0 Å². The van der Waals surface area contributed by atoms with Crippen LogP contribution in [0.2, 0.25) is 0 Å². The van der Waals surface area contributed by atoms with Gasteiger partial charge in [-0.05, 0) is 44.2 Å². The maximum absolute atomic E-state index is 12.8. The first-order valence-corrected chi connectivity index (χ1v) is 8.36. The molecule has 0 heterocycles. The minimum Gasteiger partial charge on any atom is -0.493 e. The van der Waals surface area contributed by atoms with Crippen molar-refractivity contribution in [2.24, 2.45) is 0 Å². The summed E-state index contributed by atoms with van der Waals surface area (Å²) >= 11 is 0. The minimum absolute atomic E-state index is 0.285. The van der Waals surface area contributed by atoms with Gasteiger partial charge in [-0.2, -0.15) is 0 Å². The van der Waals surface area contributed by atoms with Crippen LogP contribution in [0.15, 0.2) is 36.4 Å². The second-order valence-corrected chi connectivity index (χ2v) is 6.09. The summed E-state index contributed by atoms with van der Waals surface area (Å²) < 4.78 is 16.0. The third-order valence-corrected chi connectivity index (χ3v) is 4.23. The lowest BCUT2D eigenvalue weighted by Crippen LogP contribution is -2.25. The van der Waals surface area contributed by atoms with Gasteiger partial charge in [-0.25, -0.2) is 0 Å². The number of carbonyl (C=O) groups excluding carboxylic acids is 1. The zero-order valence-corrected chi connectivity index (χ0v) is 16.1. The van der Waals surface area contributed by atoms with Crippen molar-refractivity contribution >= 4 is 17.3 Å². The first-order valence-electron chi connectivity index (χ1n) is 8.36. The van der Waals surface area contributed by atoms with Crippen LogP contribution in [0.3, 0.4) is 0 Å². The summed E-state index contributed by atoms with van der Waals surface area (Å²) in [6.07, 6.45) is 0. The van der Waals surface area contributed by atoms with Crippen molar-refractivity contribution in [1.82, 2.24) is 0 Å². The molecule has 140 valence electrons. The topological polar surface area (TPSA) is 60.0 Å². The molecule has 0 saturated heterocycles. The highest BCUT2D eigenvalue weighted by Gasteiger charge is 2.21. The zero-order chi connectivity index (χ0) is 19.3. The van der Waals surface area contributed by atoms with E-state index < -0.39 is 0 Å². The quantitative estimate of drug-likeness (QED) is 0.815. The lowest BCUT2D eigenvalue weighted by atomic mass is 10.1. The number of hydrogen-bond acceptors (Lipinski definition) is 5. The molecule has 0 aliphatic rings. The molecule has 0 unspecified atom stereocenters. The van der Waals surface area contributed by atoms with Crippen molar-refractivity contribution in [1.29, 1.82) is 0 Å². The second-order valence-electron chi connectivity index (χ2n) is 6.09. The molecule has 2 rings (SSSR count). The first kappa shape index (κ1) is 19.4. The van der Waals surface area contributed by atoms with Crippen molar-refractivity contribution in [3.63, 3.8) is 0 Å². The molecule has 0 saturated carbocycles. The second kappa shape index (κ2) is 8.47. The fourth-order valence-electron chi connectivity index (χ4n) is 2.58. The maximum Gasteiger partial charge on any atom is 0.259 e. The standard InChI is InChI=1S/C20H26N2O4/c1-13(2)22(3)15-9-7-8-14(12-15)21-20(23)16-10-11-17(24-4)19(26-6)18(16)25-5/h7-13H,1-6H3,(H,21,23). The van der Waals surface area contributed by atoms with Gasteiger partial charge < -0.3 is 24.4 Å². The van der Waals surface area contributed by atoms with Crippen LogP contribution in [0, 0.1) is 0 Å². The lowest BCUT2D eigenvalue weighted by Gasteiger charge is -2.24. The SMILES string of the molecule is COc1ccc(C(=O)Nc2cccc(N(C)C(C)C)c2)c(OC)c1OC. The number of nitrogens with one attached hydrogen (secondary N) is 1. The lowest BCUT2D eigenvalue weighted by molar-refractivity contribution is 0.102. The molecule has 2 aromatic carbocycles. The first-order chi connectivity index (χ1) is 12.4. The van der Waals surface area contributed by atoms with Crippen molar-refractivity contribution in [3.8, 4) is 17.2 Å². The third kappa shape index (κ3) is 4.02. The number of hydrogen-bond donors (Lipinski definition) is 1. The van der Waals surface area contributed by atoms with E-state index in [0.717, 1.165) is 5.69 Å². The number of methoxy groups -OCH3 is 3. The van der Waals surface area contributed by atoms with E-state index in [1.807, 2.05) is 31.3 Å². The molecule has 1 amide bonds. The fraction of sp³-hybridized carbons (Fsp3) is 0.350. The summed E-state index contributed by atoms with van der Waals surface area (Å²) in [6, 6.07) is 11.4. The Morgan fingerprint density at radius 2 is 1.69 bits per heavy atom. The monoisotopic (exact) mass is 358 g/mol. The molecule has 0 fully saturated rings. The van der Waals surface area contributed by atoms with Crippen LogP contribution in [0.25, 0.3) is 0 Å². The Morgan fingerprint density at radius 3 is 2.27 bits per heavy atom. The normalized spacial score (nSPS) is 10.4. The molecule has 1 N–H and O–H groups in total. The molecule has 2 aromatic rings. The number of benzene rings is 2. The highest BCUT2D eigenvalue weighted by Crippen LogP contribution is 2.40. The number of ether oxygens (including phenoxy) is 3. The number of nitrogens with zero attached hydrogens (tertiary/aromatic N) is 1. The van der Waals surface area contributed by atoms with Gasteiger partial charge in [-0.3, -0.25) is 4.79 Å². The molecular weight excluding hydrogens is 332 g/mol. The highest BCUT2D eigenvalue weighted by molar-refractivity contribution is 6.07. The summed E-state index contributed by atoms with van der Waals surface area (Å²) in [5.74, 6) is 0.935. The van der Waals surface area contributed by atoms with Crippen LogP contribution in [-0.4, -0.2) is 40.3 Å². The Morgan fingerprint density at radius 1 is 1.00 bits per heavy atom. The molecule has 0 aliphatic carbocycles. The molecule has 0 atom stereocenters. The molecule has 6 heteroatoms. The van der Waals surface area contributed by atoms with E-state index >= 15 is 0 Å². The summed E-state index contributed by atoms with van der Waals surface area (Å²) in [5.41, 5.74) is 2.10. The van der Waals surface area contributed by atoms with Crippen LogP contribution in [0.4, 0.5) is 11.4 Å². The van der Waals surface area contributed by atoms with Gasteiger partial charge in [0.1, 0.15) is 0 Å². The highest BCUT2D eigenvalue weighted by atomic mass is 16.5. The minimum atomic E-state index is -0.285. The maximum atomic E-state index is 12.8. The van der Waals surface area contributed by atoms with E-state index in [0.29, 0.717) is 34.5 Å². The van der Waals surface area contributed by atoms with E-state index in [9.17, 15) is 4.79 Å². The molecule has 0 radical (unpaired) electrons. The molecule has 0 aromatic heterocycles. The Balaban J connectivity index is 2.32. The number of carbonyl (C=O) groups is 1. The molecule has 0 aliphatic heterocycles.